The normalized spacial score (nSPS) is 15.8. The van der Waals surface area contributed by atoms with Gasteiger partial charge in [-0.1, -0.05) is 31.9 Å². The number of halogens is 2. The summed E-state index contributed by atoms with van der Waals surface area (Å²) in [4.78, 5) is 45.0. The van der Waals surface area contributed by atoms with Gasteiger partial charge in [-0.05, 0) is 72.9 Å². The Morgan fingerprint density at radius 1 is 0.659 bits per heavy atom. The molecule has 214 valence electrons. The molecule has 0 radical (unpaired) electrons. The molecule has 0 saturated carbocycles. The fourth-order valence-electron chi connectivity index (χ4n) is 3.18. The molecule has 10 nitrogen and oxygen atoms in total. The standard InChI is InChI=1S/2C14H10BrNO4.Pd/c2*15-9-1-3-12(17)8(5-9)7-16-10-2-4-13(18)11(6-10)14(19)20;/h2*1-7,16,18H,(H,19,20);/b8-7+;8-7-;. The van der Waals surface area contributed by atoms with Crippen LogP contribution in [0.15, 0.2) is 105 Å². The molecule has 13 heteroatoms. The monoisotopic (exact) mass is 776 g/mol. The Bertz CT molecular complexity index is 1470. The van der Waals surface area contributed by atoms with Crippen molar-refractivity contribution in [2.24, 2.45) is 0 Å². The van der Waals surface area contributed by atoms with E-state index in [1.807, 2.05) is 0 Å². The Hall–Kier alpha value is -4.02. The summed E-state index contributed by atoms with van der Waals surface area (Å²) >= 11 is 6.53. The minimum atomic E-state index is -1.22. The van der Waals surface area contributed by atoms with E-state index in [2.05, 4.69) is 42.5 Å². The van der Waals surface area contributed by atoms with Gasteiger partial charge in [0, 0.05) is 64.3 Å². The van der Waals surface area contributed by atoms with Crippen molar-refractivity contribution in [1.82, 2.24) is 0 Å². The Balaban J connectivity index is 0.000000280. The van der Waals surface area contributed by atoms with Crippen molar-refractivity contribution in [3.05, 3.63) is 116 Å². The number of aromatic carboxylic acids is 2. The molecular formula is C28H20Br2N2O8Pd. The van der Waals surface area contributed by atoms with E-state index in [0.29, 0.717) is 22.5 Å². The number of carbonyl (C=O) groups excluding carboxylic acids is 2. The van der Waals surface area contributed by atoms with Crippen molar-refractivity contribution in [1.29, 1.82) is 0 Å². The van der Waals surface area contributed by atoms with Crippen LogP contribution in [0.2, 0.25) is 0 Å². The van der Waals surface area contributed by atoms with Gasteiger partial charge >= 0.3 is 11.9 Å². The van der Waals surface area contributed by atoms with E-state index in [-0.39, 0.29) is 54.6 Å². The first-order valence-electron chi connectivity index (χ1n) is 11.2. The predicted molar refractivity (Wildman–Crippen MR) is 156 cm³/mol. The van der Waals surface area contributed by atoms with E-state index in [0.717, 1.165) is 8.96 Å². The minimum absolute atomic E-state index is 0. The van der Waals surface area contributed by atoms with Crippen molar-refractivity contribution in [3.8, 4) is 11.5 Å². The molecule has 0 bridgehead atoms. The van der Waals surface area contributed by atoms with E-state index >= 15 is 0 Å². The summed E-state index contributed by atoms with van der Waals surface area (Å²) in [6.07, 6.45) is 12.4. The van der Waals surface area contributed by atoms with E-state index < -0.39 is 11.9 Å². The SMILES string of the molecule is O=C1C=CC(Br)=C/C1=C/Nc1ccc(O)c(C(=O)O)c1.O=C1C=CC(Br)=C/C1=C\Nc1ccc(O)c(C(=O)O)c1.[Pd]. The molecule has 2 aromatic carbocycles. The van der Waals surface area contributed by atoms with Crippen LogP contribution in [0.1, 0.15) is 20.7 Å². The molecule has 0 aromatic heterocycles. The molecule has 0 spiro atoms. The molecule has 41 heavy (non-hydrogen) atoms. The van der Waals surface area contributed by atoms with Crippen molar-refractivity contribution in [2.75, 3.05) is 10.6 Å². The minimum Gasteiger partial charge on any atom is -0.507 e. The van der Waals surface area contributed by atoms with Crippen LogP contribution in [0.5, 0.6) is 11.5 Å². The maximum atomic E-state index is 11.6. The first-order chi connectivity index (χ1) is 18.9. The molecule has 4 rings (SSSR count). The first-order valence-corrected chi connectivity index (χ1v) is 12.8. The summed E-state index contributed by atoms with van der Waals surface area (Å²) in [5.41, 5.74) is 1.37. The number of allylic oxidation sites excluding steroid dienone is 10. The number of nitrogens with one attached hydrogen (secondary N) is 2. The summed E-state index contributed by atoms with van der Waals surface area (Å²) in [6.45, 7) is 0. The number of aromatic hydroxyl groups is 2. The molecule has 0 heterocycles. The topological polar surface area (TPSA) is 173 Å². The van der Waals surface area contributed by atoms with Gasteiger partial charge in [-0.25, -0.2) is 9.59 Å². The molecule has 0 aliphatic heterocycles. The van der Waals surface area contributed by atoms with Crippen molar-refractivity contribution >= 4 is 66.7 Å². The van der Waals surface area contributed by atoms with Gasteiger partial charge in [-0.2, -0.15) is 0 Å². The van der Waals surface area contributed by atoms with Crippen molar-refractivity contribution in [2.45, 2.75) is 0 Å². The van der Waals surface area contributed by atoms with Gasteiger partial charge in [0.1, 0.15) is 22.6 Å². The number of carboxylic acids is 2. The van der Waals surface area contributed by atoms with Crippen LogP contribution in [0.3, 0.4) is 0 Å². The number of hydrogen-bond acceptors (Lipinski definition) is 8. The van der Waals surface area contributed by atoms with E-state index in [4.69, 9.17) is 10.2 Å². The second-order valence-corrected chi connectivity index (χ2v) is 9.85. The summed E-state index contributed by atoms with van der Waals surface area (Å²) in [7, 11) is 0. The van der Waals surface area contributed by atoms with Crippen LogP contribution in [-0.4, -0.2) is 43.9 Å². The van der Waals surface area contributed by atoms with Crippen LogP contribution < -0.4 is 10.6 Å². The molecule has 2 aliphatic rings. The number of carboxylic acid groups (broad SMARTS) is 2. The average molecular weight is 779 g/mol. The molecule has 2 aromatic rings. The number of benzene rings is 2. The van der Waals surface area contributed by atoms with Crippen LogP contribution in [0, 0.1) is 0 Å². The fraction of sp³-hybridized carbons (Fsp3) is 0. The second-order valence-electron chi connectivity index (χ2n) is 8.02. The molecular weight excluding hydrogens is 759 g/mol. The average Bonchev–Trinajstić information content (AvgIpc) is 2.91. The third-order valence-electron chi connectivity index (χ3n) is 5.19. The van der Waals surface area contributed by atoms with Crippen LogP contribution >= 0.6 is 31.9 Å². The van der Waals surface area contributed by atoms with Crippen molar-refractivity contribution in [3.63, 3.8) is 0 Å². The van der Waals surface area contributed by atoms with E-state index in [9.17, 15) is 29.4 Å². The van der Waals surface area contributed by atoms with Crippen LogP contribution in [-0.2, 0) is 30.0 Å². The predicted octanol–water partition coefficient (Wildman–Crippen LogP) is 5.61. The number of phenols is 2. The summed E-state index contributed by atoms with van der Waals surface area (Å²) in [5, 5.41) is 42.3. The Labute approximate surface area is 264 Å². The van der Waals surface area contributed by atoms with Gasteiger partial charge < -0.3 is 31.1 Å². The molecule has 2 aliphatic carbocycles. The maximum Gasteiger partial charge on any atom is 0.339 e. The van der Waals surface area contributed by atoms with E-state index in [1.165, 1.54) is 61.0 Å². The Kier molecular flexibility index (Phi) is 12.2. The van der Waals surface area contributed by atoms with Crippen LogP contribution in [0.25, 0.3) is 0 Å². The summed E-state index contributed by atoms with van der Waals surface area (Å²) < 4.78 is 1.53. The first kappa shape index (κ1) is 33.2. The summed E-state index contributed by atoms with van der Waals surface area (Å²) in [5.74, 6) is -3.38. The third-order valence-corrected chi connectivity index (χ3v) is 6.17. The van der Waals surface area contributed by atoms with Gasteiger partial charge in [0.25, 0.3) is 0 Å². The quantitative estimate of drug-likeness (QED) is 0.123. The molecule has 0 saturated heterocycles. The number of anilines is 2. The molecule has 0 atom stereocenters. The maximum absolute atomic E-state index is 11.6. The second kappa shape index (κ2) is 15.1. The zero-order chi connectivity index (χ0) is 29.4. The number of hydrogen-bond donors (Lipinski definition) is 6. The molecule has 0 unspecified atom stereocenters. The smallest absolute Gasteiger partial charge is 0.339 e. The molecule has 0 fully saturated rings. The van der Waals surface area contributed by atoms with Gasteiger partial charge in [0.05, 0.1) is 0 Å². The molecule has 0 amide bonds. The molecule has 6 N–H and O–H groups in total. The zero-order valence-corrected chi connectivity index (χ0v) is 25.3. The van der Waals surface area contributed by atoms with Crippen molar-refractivity contribution < 1.29 is 60.0 Å². The largest absolute Gasteiger partial charge is 0.507 e. The van der Waals surface area contributed by atoms with Gasteiger partial charge in [-0.15, -0.1) is 0 Å². The van der Waals surface area contributed by atoms with Crippen LogP contribution in [0.4, 0.5) is 11.4 Å². The number of rotatable bonds is 6. The zero-order valence-electron chi connectivity index (χ0n) is 20.6. The summed E-state index contributed by atoms with van der Waals surface area (Å²) in [6, 6.07) is 8.16. The van der Waals surface area contributed by atoms with Gasteiger partial charge in [-0.3, -0.25) is 9.59 Å². The number of carbonyl (C=O) groups is 4. The third kappa shape index (κ3) is 9.54. The number of ketones is 2. The fourth-order valence-corrected chi connectivity index (χ4v) is 3.94. The Morgan fingerprint density at radius 2 is 1.02 bits per heavy atom. The van der Waals surface area contributed by atoms with Gasteiger partial charge in [0.2, 0.25) is 0 Å². The Morgan fingerprint density at radius 3 is 1.37 bits per heavy atom. The van der Waals surface area contributed by atoms with E-state index in [1.54, 1.807) is 24.3 Å². The van der Waals surface area contributed by atoms with Gasteiger partial charge in [0.15, 0.2) is 11.6 Å².